The van der Waals surface area contributed by atoms with E-state index in [0.717, 1.165) is 25.3 Å². The van der Waals surface area contributed by atoms with Gasteiger partial charge in [0.1, 0.15) is 0 Å². The quantitative estimate of drug-likeness (QED) is 0.680. The molecule has 0 aliphatic carbocycles. The van der Waals surface area contributed by atoms with Crippen LogP contribution < -0.4 is 5.32 Å². The van der Waals surface area contributed by atoms with Gasteiger partial charge in [0, 0.05) is 32.9 Å². The number of carbonyl (C=O) groups excluding carboxylic acids is 1. The Morgan fingerprint density at radius 1 is 1.64 bits per heavy atom. The second kappa shape index (κ2) is 3.79. The molecular formula is C9H14N4O. The first-order valence-corrected chi connectivity index (χ1v) is 4.70. The molecule has 5 nitrogen and oxygen atoms in total. The number of piperazine rings is 1. The molecule has 0 spiro atoms. The summed E-state index contributed by atoms with van der Waals surface area (Å²) in [5.41, 5.74) is 1.02. The van der Waals surface area contributed by atoms with Crippen molar-refractivity contribution in [3.8, 4) is 0 Å². The van der Waals surface area contributed by atoms with Gasteiger partial charge < -0.3 is 9.88 Å². The van der Waals surface area contributed by atoms with Crippen LogP contribution in [-0.2, 0) is 18.4 Å². The van der Waals surface area contributed by atoms with Crippen molar-refractivity contribution in [3.63, 3.8) is 0 Å². The molecule has 2 rings (SSSR count). The number of hydrogen-bond acceptors (Lipinski definition) is 3. The third-order valence-electron chi connectivity index (χ3n) is 2.26. The largest absolute Gasteiger partial charge is 0.354 e. The van der Waals surface area contributed by atoms with Crippen molar-refractivity contribution in [2.75, 3.05) is 19.6 Å². The molecule has 1 aliphatic rings. The van der Waals surface area contributed by atoms with Crippen LogP contribution in [0.2, 0.25) is 0 Å². The van der Waals surface area contributed by atoms with Gasteiger partial charge in [-0.2, -0.15) is 0 Å². The fourth-order valence-electron chi connectivity index (χ4n) is 1.60. The topological polar surface area (TPSA) is 50.2 Å². The molecule has 1 N–H and O–H groups in total. The monoisotopic (exact) mass is 194 g/mol. The molecule has 1 aliphatic heterocycles. The minimum Gasteiger partial charge on any atom is -0.354 e. The summed E-state index contributed by atoms with van der Waals surface area (Å²) in [6.07, 6.45) is 3.76. The van der Waals surface area contributed by atoms with Crippen LogP contribution in [0.25, 0.3) is 0 Å². The predicted molar refractivity (Wildman–Crippen MR) is 51.5 cm³/mol. The number of rotatable bonds is 2. The van der Waals surface area contributed by atoms with Gasteiger partial charge in [0.25, 0.3) is 0 Å². The number of nitrogens with zero attached hydrogens (tertiary/aromatic N) is 3. The van der Waals surface area contributed by atoms with E-state index >= 15 is 0 Å². The molecule has 0 radical (unpaired) electrons. The van der Waals surface area contributed by atoms with Crippen LogP contribution in [-0.4, -0.2) is 40.0 Å². The van der Waals surface area contributed by atoms with Gasteiger partial charge >= 0.3 is 0 Å². The Hall–Kier alpha value is -1.36. The fourth-order valence-corrected chi connectivity index (χ4v) is 1.60. The molecular weight excluding hydrogens is 180 g/mol. The van der Waals surface area contributed by atoms with Crippen molar-refractivity contribution in [2.24, 2.45) is 7.05 Å². The average molecular weight is 194 g/mol. The SMILES string of the molecule is Cn1cnc(CN2CCNC(=O)C2)c1. The Morgan fingerprint density at radius 2 is 2.50 bits per heavy atom. The minimum absolute atomic E-state index is 0.104. The maximum absolute atomic E-state index is 11.1. The van der Waals surface area contributed by atoms with Crippen molar-refractivity contribution in [3.05, 3.63) is 18.2 Å². The molecule has 1 saturated heterocycles. The highest BCUT2D eigenvalue weighted by Crippen LogP contribution is 2.02. The van der Waals surface area contributed by atoms with Crippen molar-refractivity contribution in [1.29, 1.82) is 0 Å². The zero-order valence-electron chi connectivity index (χ0n) is 8.23. The van der Waals surface area contributed by atoms with Crippen molar-refractivity contribution < 1.29 is 4.79 Å². The maximum Gasteiger partial charge on any atom is 0.234 e. The van der Waals surface area contributed by atoms with E-state index in [-0.39, 0.29) is 5.91 Å². The summed E-state index contributed by atoms with van der Waals surface area (Å²) < 4.78 is 1.92. The zero-order valence-corrected chi connectivity index (χ0v) is 8.23. The number of nitrogens with one attached hydrogen (secondary N) is 1. The predicted octanol–water partition coefficient (Wildman–Crippen LogP) is -0.648. The van der Waals surface area contributed by atoms with Crippen LogP contribution in [0.15, 0.2) is 12.5 Å². The lowest BCUT2D eigenvalue weighted by atomic mass is 10.3. The lowest BCUT2D eigenvalue weighted by Gasteiger charge is -2.25. The van der Waals surface area contributed by atoms with E-state index in [1.54, 1.807) is 6.33 Å². The van der Waals surface area contributed by atoms with Gasteiger partial charge in [-0.15, -0.1) is 0 Å². The first kappa shape index (κ1) is 9.21. The lowest BCUT2D eigenvalue weighted by Crippen LogP contribution is -2.47. The number of carbonyl (C=O) groups is 1. The summed E-state index contributed by atoms with van der Waals surface area (Å²) >= 11 is 0. The van der Waals surface area contributed by atoms with Crippen LogP contribution in [0.5, 0.6) is 0 Å². The zero-order chi connectivity index (χ0) is 9.97. The Labute approximate surface area is 82.7 Å². The van der Waals surface area contributed by atoms with E-state index in [1.807, 2.05) is 17.8 Å². The van der Waals surface area contributed by atoms with Crippen LogP contribution in [0, 0.1) is 0 Å². The van der Waals surface area contributed by atoms with E-state index < -0.39 is 0 Å². The number of imidazole rings is 1. The Bertz CT molecular complexity index is 333. The van der Waals surface area contributed by atoms with Gasteiger partial charge in [-0.05, 0) is 0 Å². The van der Waals surface area contributed by atoms with Gasteiger partial charge in [-0.3, -0.25) is 9.69 Å². The van der Waals surface area contributed by atoms with Crippen LogP contribution in [0.4, 0.5) is 0 Å². The maximum atomic E-state index is 11.1. The number of aryl methyl sites for hydroxylation is 1. The first-order valence-electron chi connectivity index (χ1n) is 4.70. The molecule has 0 unspecified atom stereocenters. The highest BCUT2D eigenvalue weighted by Gasteiger charge is 2.16. The molecule has 0 atom stereocenters. The van der Waals surface area contributed by atoms with Crippen molar-refractivity contribution in [1.82, 2.24) is 19.8 Å². The molecule has 1 amide bonds. The summed E-state index contributed by atoms with van der Waals surface area (Å²) in [6.45, 7) is 2.89. The fraction of sp³-hybridized carbons (Fsp3) is 0.556. The Balaban J connectivity index is 1.93. The van der Waals surface area contributed by atoms with Crippen LogP contribution in [0.1, 0.15) is 5.69 Å². The molecule has 76 valence electrons. The first-order chi connectivity index (χ1) is 6.74. The molecule has 0 bridgehead atoms. The Morgan fingerprint density at radius 3 is 3.14 bits per heavy atom. The number of amides is 1. The third-order valence-corrected chi connectivity index (χ3v) is 2.26. The van der Waals surface area contributed by atoms with E-state index in [2.05, 4.69) is 15.2 Å². The summed E-state index contributed by atoms with van der Waals surface area (Å²) in [6, 6.07) is 0. The van der Waals surface area contributed by atoms with Gasteiger partial charge in [0.05, 0.1) is 18.6 Å². The molecule has 0 saturated carbocycles. The minimum atomic E-state index is 0.104. The highest BCUT2D eigenvalue weighted by atomic mass is 16.2. The molecule has 5 heteroatoms. The van der Waals surface area contributed by atoms with E-state index in [0.29, 0.717) is 6.54 Å². The van der Waals surface area contributed by atoms with Crippen LogP contribution >= 0.6 is 0 Å². The van der Waals surface area contributed by atoms with Gasteiger partial charge in [-0.1, -0.05) is 0 Å². The highest BCUT2D eigenvalue weighted by molar-refractivity contribution is 5.78. The molecule has 2 heterocycles. The summed E-state index contributed by atoms with van der Waals surface area (Å²) in [5.74, 6) is 0.104. The van der Waals surface area contributed by atoms with Crippen molar-refractivity contribution >= 4 is 5.91 Å². The Kier molecular flexibility index (Phi) is 2.49. The third kappa shape index (κ3) is 2.11. The lowest BCUT2D eigenvalue weighted by molar-refractivity contribution is -0.124. The molecule has 1 aromatic rings. The molecule has 14 heavy (non-hydrogen) atoms. The van der Waals surface area contributed by atoms with Gasteiger partial charge in [0.2, 0.25) is 5.91 Å². The van der Waals surface area contributed by atoms with Gasteiger partial charge in [0.15, 0.2) is 0 Å². The second-order valence-corrected chi connectivity index (χ2v) is 3.59. The smallest absolute Gasteiger partial charge is 0.234 e. The van der Waals surface area contributed by atoms with E-state index in [9.17, 15) is 4.79 Å². The van der Waals surface area contributed by atoms with Gasteiger partial charge in [-0.25, -0.2) is 4.98 Å². The average Bonchev–Trinajstić information content (AvgIpc) is 2.51. The standard InChI is InChI=1S/C9H14N4O/c1-12-4-8(11-7-12)5-13-3-2-10-9(14)6-13/h4,7H,2-3,5-6H2,1H3,(H,10,14). The van der Waals surface area contributed by atoms with E-state index in [4.69, 9.17) is 0 Å². The summed E-state index contributed by atoms with van der Waals surface area (Å²) in [7, 11) is 1.94. The normalized spacial score (nSPS) is 18.2. The second-order valence-electron chi connectivity index (χ2n) is 3.59. The molecule has 0 aromatic carbocycles. The van der Waals surface area contributed by atoms with E-state index in [1.165, 1.54) is 0 Å². The summed E-state index contributed by atoms with van der Waals surface area (Å²) in [4.78, 5) is 17.4. The summed E-state index contributed by atoms with van der Waals surface area (Å²) in [5, 5.41) is 2.80. The number of hydrogen-bond donors (Lipinski definition) is 1. The van der Waals surface area contributed by atoms with Crippen molar-refractivity contribution in [2.45, 2.75) is 6.54 Å². The number of aromatic nitrogens is 2. The molecule has 1 fully saturated rings. The van der Waals surface area contributed by atoms with Crippen LogP contribution in [0.3, 0.4) is 0 Å². The molecule has 1 aromatic heterocycles.